The van der Waals surface area contributed by atoms with E-state index in [2.05, 4.69) is 29.4 Å². The minimum absolute atomic E-state index is 0.0136. The van der Waals surface area contributed by atoms with E-state index in [1.165, 1.54) is 0 Å². The lowest BCUT2D eigenvalue weighted by molar-refractivity contribution is -0.128. The highest BCUT2D eigenvalue weighted by Crippen LogP contribution is 2.28. The summed E-state index contributed by atoms with van der Waals surface area (Å²) in [4.78, 5) is 13.7. The average molecular weight is 432 g/mol. The summed E-state index contributed by atoms with van der Waals surface area (Å²) in [5.41, 5.74) is -0.364. The number of amides is 1. The van der Waals surface area contributed by atoms with Crippen LogP contribution in [-0.4, -0.2) is 27.0 Å². The second kappa shape index (κ2) is 8.88. The van der Waals surface area contributed by atoms with Crippen molar-refractivity contribution < 1.29 is 13.9 Å². The number of carbonyl (C=O) groups is 1. The maximum absolute atomic E-state index is 12.6. The number of benzene rings is 2. The van der Waals surface area contributed by atoms with E-state index in [-0.39, 0.29) is 6.01 Å². The molecule has 0 radical (unpaired) electrons. The van der Waals surface area contributed by atoms with Crippen LogP contribution in [0.3, 0.4) is 0 Å². The minimum Gasteiger partial charge on any atom is -0.478 e. The highest BCUT2D eigenvalue weighted by molar-refractivity contribution is 7.99. The Bertz CT molecular complexity index is 987. The fourth-order valence-electron chi connectivity index (χ4n) is 2.46. The third-order valence-electron chi connectivity index (χ3n) is 3.83. The molecule has 0 bridgehead atoms. The SMILES string of the molecule is CC(C)Sc1cccc(-c2nnc(NC(=O)C(C)(C)Oc3ccc(Cl)cc3)o2)c1. The number of nitrogens with zero attached hydrogens (tertiary/aromatic N) is 2. The molecule has 6 nitrogen and oxygen atoms in total. The average Bonchev–Trinajstić information content (AvgIpc) is 3.12. The fourth-order valence-corrected chi connectivity index (χ4v) is 3.48. The Morgan fingerprint density at radius 3 is 2.59 bits per heavy atom. The zero-order valence-electron chi connectivity index (χ0n) is 16.6. The first kappa shape index (κ1) is 21.2. The van der Waals surface area contributed by atoms with Gasteiger partial charge in [0.15, 0.2) is 5.60 Å². The number of thioether (sulfide) groups is 1. The zero-order chi connectivity index (χ0) is 21.0. The van der Waals surface area contributed by atoms with Gasteiger partial charge in [-0.05, 0) is 56.3 Å². The van der Waals surface area contributed by atoms with Crippen molar-refractivity contribution >= 4 is 35.3 Å². The Hall–Kier alpha value is -2.51. The molecule has 3 rings (SSSR count). The van der Waals surface area contributed by atoms with Crippen molar-refractivity contribution in [1.29, 1.82) is 0 Å². The van der Waals surface area contributed by atoms with Crippen molar-refractivity contribution in [2.75, 3.05) is 5.32 Å². The minimum atomic E-state index is -1.16. The van der Waals surface area contributed by atoms with E-state index in [0.29, 0.717) is 21.9 Å². The molecule has 1 N–H and O–H groups in total. The molecule has 1 amide bonds. The summed E-state index contributed by atoms with van der Waals surface area (Å²) in [5.74, 6) is 0.454. The molecule has 3 aromatic rings. The van der Waals surface area contributed by atoms with Crippen molar-refractivity contribution in [1.82, 2.24) is 10.2 Å². The molecular formula is C21H22ClN3O3S. The molecule has 0 saturated heterocycles. The van der Waals surface area contributed by atoms with Gasteiger partial charge in [-0.3, -0.25) is 10.1 Å². The summed E-state index contributed by atoms with van der Waals surface area (Å²) in [5, 5.41) is 11.6. The Morgan fingerprint density at radius 2 is 1.90 bits per heavy atom. The maximum Gasteiger partial charge on any atom is 0.322 e. The molecule has 1 aromatic heterocycles. The lowest BCUT2D eigenvalue weighted by atomic mass is 10.1. The number of hydrogen-bond donors (Lipinski definition) is 1. The standard InChI is InChI=1S/C21H22ClN3O3S/c1-13(2)29-17-7-5-6-14(12-17)18-24-25-20(27-18)23-19(26)21(3,4)28-16-10-8-15(22)9-11-16/h5-13H,1-4H3,(H,23,25,26). The number of hydrogen-bond acceptors (Lipinski definition) is 6. The molecule has 2 aromatic carbocycles. The molecule has 0 aliphatic rings. The van der Waals surface area contributed by atoms with Crippen LogP contribution in [0.4, 0.5) is 6.01 Å². The molecular weight excluding hydrogens is 410 g/mol. The number of carbonyl (C=O) groups excluding carboxylic acids is 1. The Morgan fingerprint density at radius 1 is 1.17 bits per heavy atom. The maximum atomic E-state index is 12.6. The summed E-state index contributed by atoms with van der Waals surface area (Å²) >= 11 is 7.62. The molecule has 0 aliphatic carbocycles. The Balaban J connectivity index is 1.69. The first-order valence-electron chi connectivity index (χ1n) is 9.09. The largest absolute Gasteiger partial charge is 0.478 e. The van der Waals surface area contributed by atoms with Gasteiger partial charge in [0.2, 0.25) is 5.89 Å². The normalized spacial score (nSPS) is 11.5. The van der Waals surface area contributed by atoms with Crippen molar-refractivity contribution in [2.24, 2.45) is 0 Å². The van der Waals surface area contributed by atoms with Gasteiger partial charge in [-0.1, -0.05) is 36.6 Å². The van der Waals surface area contributed by atoms with Gasteiger partial charge >= 0.3 is 6.01 Å². The van der Waals surface area contributed by atoms with E-state index >= 15 is 0 Å². The van der Waals surface area contributed by atoms with E-state index in [4.69, 9.17) is 20.8 Å². The Labute approximate surface area is 179 Å². The molecule has 29 heavy (non-hydrogen) atoms. The van der Waals surface area contributed by atoms with Gasteiger partial charge in [0.25, 0.3) is 5.91 Å². The van der Waals surface area contributed by atoms with Crippen LogP contribution in [0.25, 0.3) is 11.5 Å². The molecule has 8 heteroatoms. The number of anilines is 1. The zero-order valence-corrected chi connectivity index (χ0v) is 18.2. The first-order chi connectivity index (χ1) is 13.7. The van der Waals surface area contributed by atoms with Gasteiger partial charge in [0.05, 0.1) is 0 Å². The van der Waals surface area contributed by atoms with E-state index in [0.717, 1.165) is 10.5 Å². The third-order valence-corrected chi connectivity index (χ3v) is 5.08. The van der Waals surface area contributed by atoms with Crippen LogP contribution < -0.4 is 10.1 Å². The molecule has 0 aliphatic heterocycles. The predicted octanol–water partition coefficient (Wildman–Crippen LogP) is 5.69. The summed E-state index contributed by atoms with van der Waals surface area (Å²) in [6.45, 7) is 7.57. The van der Waals surface area contributed by atoms with Crippen molar-refractivity contribution in [2.45, 2.75) is 43.4 Å². The number of halogens is 1. The van der Waals surface area contributed by atoms with Crippen LogP contribution in [0, 0.1) is 0 Å². The number of ether oxygens (including phenoxy) is 1. The number of aromatic nitrogens is 2. The molecule has 0 saturated carbocycles. The first-order valence-corrected chi connectivity index (χ1v) is 10.4. The monoisotopic (exact) mass is 431 g/mol. The topological polar surface area (TPSA) is 77.2 Å². The highest BCUT2D eigenvalue weighted by Gasteiger charge is 2.31. The summed E-state index contributed by atoms with van der Waals surface area (Å²) in [6.07, 6.45) is 0. The van der Waals surface area contributed by atoms with E-state index < -0.39 is 11.5 Å². The summed E-state index contributed by atoms with van der Waals surface area (Å²) in [6, 6.07) is 14.6. The van der Waals surface area contributed by atoms with Gasteiger partial charge in [-0.2, -0.15) is 0 Å². The van der Waals surface area contributed by atoms with Crippen LogP contribution in [0.5, 0.6) is 5.75 Å². The molecule has 0 fully saturated rings. The van der Waals surface area contributed by atoms with Gasteiger partial charge in [-0.25, -0.2) is 0 Å². The van der Waals surface area contributed by atoms with Crippen LogP contribution in [0.2, 0.25) is 5.02 Å². The smallest absolute Gasteiger partial charge is 0.322 e. The van der Waals surface area contributed by atoms with Gasteiger partial charge in [-0.15, -0.1) is 16.9 Å². The third kappa shape index (κ3) is 5.74. The van der Waals surface area contributed by atoms with Gasteiger partial charge in [0, 0.05) is 20.7 Å². The van der Waals surface area contributed by atoms with E-state index in [1.807, 2.05) is 24.3 Å². The number of nitrogens with one attached hydrogen (secondary N) is 1. The van der Waals surface area contributed by atoms with Crippen LogP contribution in [0.1, 0.15) is 27.7 Å². The molecule has 0 spiro atoms. The van der Waals surface area contributed by atoms with Crippen LogP contribution in [0.15, 0.2) is 57.8 Å². The second-order valence-corrected chi connectivity index (χ2v) is 9.21. The second-order valence-electron chi connectivity index (χ2n) is 7.13. The van der Waals surface area contributed by atoms with E-state index in [9.17, 15) is 4.79 Å². The molecule has 1 heterocycles. The van der Waals surface area contributed by atoms with Crippen LogP contribution >= 0.6 is 23.4 Å². The van der Waals surface area contributed by atoms with E-state index in [1.54, 1.807) is 49.9 Å². The van der Waals surface area contributed by atoms with Crippen molar-refractivity contribution in [3.05, 3.63) is 53.6 Å². The predicted molar refractivity (Wildman–Crippen MR) is 116 cm³/mol. The lowest BCUT2D eigenvalue weighted by Crippen LogP contribution is -2.42. The summed E-state index contributed by atoms with van der Waals surface area (Å²) in [7, 11) is 0. The quantitative estimate of drug-likeness (QED) is 0.484. The van der Waals surface area contributed by atoms with Gasteiger partial charge in [0.1, 0.15) is 5.75 Å². The lowest BCUT2D eigenvalue weighted by Gasteiger charge is -2.24. The molecule has 152 valence electrons. The van der Waals surface area contributed by atoms with Crippen molar-refractivity contribution in [3.63, 3.8) is 0 Å². The van der Waals surface area contributed by atoms with Crippen molar-refractivity contribution in [3.8, 4) is 17.2 Å². The highest BCUT2D eigenvalue weighted by atomic mass is 35.5. The summed E-state index contributed by atoms with van der Waals surface area (Å²) < 4.78 is 11.4. The number of rotatable bonds is 7. The van der Waals surface area contributed by atoms with Gasteiger partial charge < -0.3 is 9.15 Å². The fraction of sp³-hybridized carbons (Fsp3) is 0.286. The molecule has 0 atom stereocenters. The Kier molecular flexibility index (Phi) is 6.49. The van der Waals surface area contributed by atoms with Crippen LogP contribution in [-0.2, 0) is 4.79 Å². The molecule has 0 unspecified atom stereocenters.